The van der Waals surface area contributed by atoms with E-state index >= 15 is 0 Å². The van der Waals surface area contributed by atoms with Crippen molar-refractivity contribution < 1.29 is 33.3 Å². The SMILES string of the molecule is CC(C)OC(=O)CCCCc1cn(CCOCCOCCOCCOC(=O)C(C)C)nn1. The van der Waals surface area contributed by atoms with Gasteiger partial charge in [-0.15, -0.1) is 5.10 Å². The number of esters is 2. The normalized spacial score (nSPS) is 11.3. The van der Waals surface area contributed by atoms with Crippen LogP contribution in [0.3, 0.4) is 0 Å². The molecule has 0 aromatic carbocycles. The van der Waals surface area contributed by atoms with E-state index in [1.165, 1.54) is 0 Å². The molecular formula is C22H39N3O7. The van der Waals surface area contributed by atoms with E-state index in [0.717, 1.165) is 25.0 Å². The van der Waals surface area contributed by atoms with Crippen LogP contribution in [0.15, 0.2) is 6.20 Å². The van der Waals surface area contributed by atoms with Crippen molar-refractivity contribution in [2.75, 3.05) is 46.2 Å². The van der Waals surface area contributed by atoms with E-state index in [1.807, 2.05) is 20.0 Å². The summed E-state index contributed by atoms with van der Waals surface area (Å²) in [6.07, 6.45) is 4.70. The Kier molecular flexibility index (Phi) is 15.3. The highest BCUT2D eigenvalue weighted by Gasteiger charge is 2.07. The third kappa shape index (κ3) is 14.9. The van der Waals surface area contributed by atoms with Crippen LogP contribution in [-0.2, 0) is 46.2 Å². The summed E-state index contributed by atoms with van der Waals surface area (Å²) in [5.41, 5.74) is 0.907. The molecule has 0 aliphatic heterocycles. The number of ether oxygens (including phenoxy) is 5. The predicted molar refractivity (Wildman–Crippen MR) is 117 cm³/mol. The number of aromatic nitrogens is 3. The molecule has 0 spiro atoms. The summed E-state index contributed by atoms with van der Waals surface area (Å²) in [6.45, 7) is 10.9. The zero-order valence-electron chi connectivity index (χ0n) is 19.9. The topological polar surface area (TPSA) is 111 Å². The van der Waals surface area contributed by atoms with Gasteiger partial charge in [-0.1, -0.05) is 19.1 Å². The van der Waals surface area contributed by atoms with E-state index in [2.05, 4.69) is 10.3 Å². The number of carbonyl (C=O) groups is 2. The van der Waals surface area contributed by atoms with Crippen LogP contribution in [0.5, 0.6) is 0 Å². The van der Waals surface area contributed by atoms with Crippen molar-refractivity contribution in [3.05, 3.63) is 11.9 Å². The molecule has 0 atom stereocenters. The average molecular weight is 458 g/mol. The summed E-state index contributed by atoms with van der Waals surface area (Å²) >= 11 is 0. The van der Waals surface area contributed by atoms with Crippen molar-refractivity contribution in [3.63, 3.8) is 0 Å². The fourth-order valence-corrected chi connectivity index (χ4v) is 2.53. The number of aryl methyl sites for hydroxylation is 1. The highest BCUT2D eigenvalue weighted by atomic mass is 16.6. The molecule has 10 heteroatoms. The monoisotopic (exact) mass is 457 g/mol. The van der Waals surface area contributed by atoms with Gasteiger partial charge in [-0.05, 0) is 33.1 Å². The molecule has 0 saturated heterocycles. The lowest BCUT2D eigenvalue weighted by atomic mass is 10.1. The molecule has 0 unspecified atom stereocenters. The van der Waals surface area contributed by atoms with E-state index in [4.69, 9.17) is 23.7 Å². The lowest BCUT2D eigenvalue weighted by Gasteiger charge is -2.08. The molecule has 0 N–H and O–H groups in total. The number of nitrogens with zero attached hydrogens (tertiary/aromatic N) is 3. The lowest BCUT2D eigenvalue weighted by Crippen LogP contribution is -2.17. The first kappa shape index (κ1) is 28.0. The summed E-state index contributed by atoms with van der Waals surface area (Å²) in [5.74, 6) is -0.491. The van der Waals surface area contributed by atoms with Crippen LogP contribution in [0.2, 0.25) is 0 Å². The van der Waals surface area contributed by atoms with E-state index in [-0.39, 0.29) is 30.6 Å². The highest BCUT2D eigenvalue weighted by Crippen LogP contribution is 2.05. The molecule has 1 aromatic rings. The third-order valence-corrected chi connectivity index (χ3v) is 4.17. The van der Waals surface area contributed by atoms with Crippen LogP contribution >= 0.6 is 0 Å². The van der Waals surface area contributed by atoms with Crippen LogP contribution in [0.1, 0.15) is 52.7 Å². The summed E-state index contributed by atoms with van der Waals surface area (Å²) < 4.78 is 28.2. The van der Waals surface area contributed by atoms with Crippen molar-refractivity contribution >= 4 is 11.9 Å². The van der Waals surface area contributed by atoms with Crippen LogP contribution in [-0.4, -0.2) is 79.3 Å². The van der Waals surface area contributed by atoms with Gasteiger partial charge in [0, 0.05) is 12.6 Å². The second-order valence-corrected chi connectivity index (χ2v) is 7.88. The quantitative estimate of drug-likeness (QED) is 0.228. The summed E-state index contributed by atoms with van der Waals surface area (Å²) in [4.78, 5) is 22.7. The minimum atomic E-state index is -0.218. The van der Waals surface area contributed by atoms with Crippen molar-refractivity contribution in [3.8, 4) is 0 Å². The van der Waals surface area contributed by atoms with Gasteiger partial charge in [0.05, 0.1) is 63.9 Å². The third-order valence-electron chi connectivity index (χ3n) is 4.17. The molecule has 1 rings (SSSR count). The molecule has 184 valence electrons. The van der Waals surface area contributed by atoms with Gasteiger partial charge in [-0.25, -0.2) is 4.68 Å². The van der Waals surface area contributed by atoms with Gasteiger partial charge in [0.15, 0.2) is 0 Å². The van der Waals surface area contributed by atoms with Crippen LogP contribution in [0.25, 0.3) is 0 Å². The van der Waals surface area contributed by atoms with Crippen LogP contribution < -0.4 is 0 Å². The molecular weight excluding hydrogens is 418 g/mol. The van der Waals surface area contributed by atoms with Gasteiger partial charge in [0.2, 0.25) is 0 Å². The molecule has 0 amide bonds. The second-order valence-electron chi connectivity index (χ2n) is 7.88. The molecule has 1 heterocycles. The molecule has 0 saturated carbocycles. The number of carbonyl (C=O) groups excluding carboxylic acids is 2. The van der Waals surface area contributed by atoms with E-state index < -0.39 is 0 Å². The molecule has 32 heavy (non-hydrogen) atoms. The Morgan fingerprint density at radius 2 is 1.53 bits per heavy atom. The average Bonchev–Trinajstić information content (AvgIpc) is 3.18. The Hall–Kier alpha value is -2.04. The van der Waals surface area contributed by atoms with Crippen molar-refractivity contribution in [1.82, 2.24) is 15.0 Å². The zero-order chi connectivity index (χ0) is 23.6. The van der Waals surface area contributed by atoms with Gasteiger partial charge in [0.25, 0.3) is 0 Å². The Labute approximate surface area is 190 Å². The first-order valence-electron chi connectivity index (χ1n) is 11.4. The van der Waals surface area contributed by atoms with Gasteiger partial charge in [-0.2, -0.15) is 0 Å². The van der Waals surface area contributed by atoms with Gasteiger partial charge in [-0.3, -0.25) is 9.59 Å². The minimum absolute atomic E-state index is 0.0657. The molecule has 0 radical (unpaired) electrons. The number of hydrogen-bond acceptors (Lipinski definition) is 9. The molecule has 0 bridgehead atoms. The fraction of sp³-hybridized carbons (Fsp3) is 0.818. The van der Waals surface area contributed by atoms with Crippen molar-refractivity contribution in [2.45, 2.75) is 66.0 Å². The van der Waals surface area contributed by atoms with Gasteiger partial charge >= 0.3 is 11.9 Å². The van der Waals surface area contributed by atoms with Crippen LogP contribution in [0.4, 0.5) is 0 Å². The highest BCUT2D eigenvalue weighted by molar-refractivity contribution is 5.71. The molecule has 0 aliphatic rings. The van der Waals surface area contributed by atoms with E-state index in [0.29, 0.717) is 52.6 Å². The van der Waals surface area contributed by atoms with E-state index in [1.54, 1.807) is 18.5 Å². The van der Waals surface area contributed by atoms with Crippen molar-refractivity contribution in [2.24, 2.45) is 5.92 Å². The maximum atomic E-state index is 11.5. The summed E-state index contributed by atoms with van der Waals surface area (Å²) in [7, 11) is 0. The Morgan fingerprint density at radius 1 is 0.906 bits per heavy atom. The molecule has 1 aromatic heterocycles. The Bertz CT molecular complexity index is 635. The van der Waals surface area contributed by atoms with Crippen molar-refractivity contribution in [1.29, 1.82) is 0 Å². The second kappa shape index (κ2) is 17.5. The maximum Gasteiger partial charge on any atom is 0.308 e. The summed E-state index contributed by atoms with van der Waals surface area (Å²) in [6, 6.07) is 0. The Balaban J connectivity index is 1.92. The van der Waals surface area contributed by atoms with E-state index in [9.17, 15) is 9.59 Å². The molecule has 10 nitrogen and oxygen atoms in total. The minimum Gasteiger partial charge on any atom is -0.463 e. The van der Waals surface area contributed by atoms with Crippen LogP contribution in [0, 0.1) is 5.92 Å². The fourth-order valence-electron chi connectivity index (χ4n) is 2.53. The lowest BCUT2D eigenvalue weighted by molar-refractivity contribution is -0.149. The first-order valence-corrected chi connectivity index (χ1v) is 11.4. The number of unbranched alkanes of at least 4 members (excludes halogenated alkanes) is 1. The summed E-state index contributed by atoms with van der Waals surface area (Å²) in [5, 5.41) is 8.23. The predicted octanol–water partition coefficient (Wildman–Crippen LogP) is 2.19. The number of rotatable bonds is 19. The maximum absolute atomic E-state index is 11.5. The molecule has 0 aliphatic carbocycles. The first-order chi connectivity index (χ1) is 15.4. The number of hydrogen-bond donors (Lipinski definition) is 0. The van der Waals surface area contributed by atoms with Gasteiger partial charge < -0.3 is 23.7 Å². The van der Waals surface area contributed by atoms with Gasteiger partial charge in [0.1, 0.15) is 6.61 Å². The zero-order valence-corrected chi connectivity index (χ0v) is 19.9. The largest absolute Gasteiger partial charge is 0.463 e. The Morgan fingerprint density at radius 3 is 2.16 bits per heavy atom. The standard InChI is InChI=1S/C22H39N3O7/c1-18(2)22(27)31-16-15-30-14-13-29-12-11-28-10-9-25-17-20(23-24-25)7-5-6-8-21(26)32-19(3)4/h17-19H,5-16H2,1-4H3. The molecule has 0 fully saturated rings. The smallest absolute Gasteiger partial charge is 0.308 e.